The van der Waals surface area contributed by atoms with Crippen molar-refractivity contribution in [3.8, 4) is 0 Å². The fraction of sp³-hybridized carbons (Fsp3) is 0.556. The summed E-state index contributed by atoms with van der Waals surface area (Å²) < 4.78 is 1.85. The Morgan fingerprint density at radius 1 is 1.80 bits per heavy atom. The van der Waals surface area contributed by atoms with Gasteiger partial charge in [-0.05, 0) is 7.05 Å². The first-order valence-corrected chi connectivity index (χ1v) is 4.65. The van der Waals surface area contributed by atoms with E-state index in [0.717, 1.165) is 5.82 Å². The van der Waals surface area contributed by atoms with Gasteiger partial charge in [-0.1, -0.05) is 0 Å². The van der Waals surface area contributed by atoms with Crippen LogP contribution < -0.4 is 5.73 Å². The van der Waals surface area contributed by atoms with Crippen molar-refractivity contribution in [1.82, 2.24) is 14.5 Å². The van der Waals surface area contributed by atoms with E-state index in [9.17, 15) is 4.79 Å². The number of carboxylic acids is 1. The number of hydrogen-bond acceptors (Lipinski definition) is 4. The fourth-order valence-corrected chi connectivity index (χ4v) is 1.35. The second-order valence-electron chi connectivity index (χ2n) is 3.46. The molecule has 3 N–H and O–H groups in total. The minimum atomic E-state index is -0.908. The van der Waals surface area contributed by atoms with Gasteiger partial charge in [-0.2, -0.15) is 0 Å². The minimum Gasteiger partial charge on any atom is -0.480 e. The molecule has 0 aromatic carbocycles. The molecule has 0 saturated heterocycles. The van der Waals surface area contributed by atoms with E-state index in [1.165, 1.54) is 0 Å². The van der Waals surface area contributed by atoms with Crippen LogP contribution in [0.3, 0.4) is 0 Å². The van der Waals surface area contributed by atoms with E-state index in [-0.39, 0.29) is 6.54 Å². The zero-order valence-corrected chi connectivity index (χ0v) is 8.92. The molecule has 1 heterocycles. The van der Waals surface area contributed by atoms with Crippen molar-refractivity contribution in [3.63, 3.8) is 0 Å². The average Bonchev–Trinajstić information content (AvgIpc) is 2.52. The molecule has 0 saturated carbocycles. The summed E-state index contributed by atoms with van der Waals surface area (Å²) in [5.74, 6) is -0.0913. The molecule has 84 valence electrons. The van der Waals surface area contributed by atoms with Crippen LogP contribution in [0.4, 0.5) is 0 Å². The van der Waals surface area contributed by atoms with Crippen LogP contribution in [0.15, 0.2) is 12.4 Å². The standard InChI is InChI=1S/C9H16N4O2/c1-12-4-3-11-8(12)6-13(2)7(5-10)9(14)15/h3-4,7H,5-6,10H2,1-2H3,(H,14,15). The van der Waals surface area contributed by atoms with Crippen LogP contribution in [0.1, 0.15) is 5.82 Å². The molecule has 1 aromatic heterocycles. The van der Waals surface area contributed by atoms with E-state index in [4.69, 9.17) is 10.8 Å². The maximum absolute atomic E-state index is 10.8. The van der Waals surface area contributed by atoms with Crippen LogP contribution in [0.5, 0.6) is 0 Å². The van der Waals surface area contributed by atoms with Crippen LogP contribution in [0.2, 0.25) is 0 Å². The van der Waals surface area contributed by atoms with Crippen molar-refractivity contribution in [3.05, 3.63) is 18.2 Å². The number of carbonyl (C=O) groups is 1. The summed E-state index contributed by atoms with van der Waals surface area (Å²) in [6.45, 7) is 0.563. The van der Waals surface area contributed by atoms with Gasteiger partial charge in [0, 0.05) is 26.0 Å². The first-order chi connectivity index (χ1) is 7.06. The highest BCUT2D eigenvalue weighted by Gasteiger charge is 2.21. The lowest BCUT2D eigenvalue weighted by Gasteiger charge is -2.22. The highest BCUT2D eigenvalue weighted by molar-refractivity contribution is 5.73. The van der Waals surface area contributed by atoms with Crippen LogP contribution in [0, 0.1) is 0 Å². The van der Waals surface area contributed by atoms with E-state index < -0.39 is 12.0 Å². The zero-order chi connectivity index (χ0) is 11.4. The molecule has 1 unspecified atom stereocenters. The first kappa shape index (κ1) is 11.7. The second-order valence-corrected chi connectivity index (χ2v) is 3.46. The van der Waals surface area contributed by atoms with Crippen molar-refractivity contribution in [2.24, 2.45) is 12.8 Å². The van der Waals surface area contributed by atoms with Crippen molar-refractivity contribution < 1.29 is 9.90 Å². The highest BCUT2D eigenvalue weighted by atomic mass is 16.4. The van der Waals surface area contributed by atoms with Crippen LogP contribution in [-0.4, -0.2) is 45.2 Å². The number of carboxylic acid groups (broad SMARTS) is 1. The predicted octanol–water partition coefficient (Wildman–Crippen LogP) is -0.736. The molecule has 0 aliphatic carbocycles. The van der Waals surface area contributed by atoms with Gasteiger partial charge < -0.3 is 15.4 Å². The number of rotatable bonds is 5. The van der Waals surface area contributed by atoms with Crippen LogP contribution in [0.25, 0.3) is 0 Å². The van der Waals surface area contributed by atoms with Gasteiger partial charge in [0.1, 0.15) is 11.9 Å². The Kier molecular flexibility index (Phi) is 3.81. The Bertz CT molecular complexity index is 337. The number of nitrogens with zero attached hydrogens (tertiary/aromatic N) is 3. The monoisotopic (exact) mass is 212 g/mol. The molecular weight excluding hydrogens is 196 g/mol. The number of aromatic nitrogens is 2. The fourth-order valence-electron chi connectivity index (χ4n) is 1.35. The maximum Gasteiger partial charge on any atom is 0.322 e. The molecule has 6 nitrogen and oxygen atoms in total. The summed E-state index contributed by atoms with van der Waals surface area (Å²) in [7, 11) is 3.59. The normalized spacial score (nSPS) is 13.1. The van der Waals surface area contributed by atoms with Crippen molar-refractivity contribution in [2.45, 2.75) is 12.6 Å². The van der Waals surface area contributed by atoms with E-state index in [2.05, 4.69) is 4.98 Å². The maximum atomic E-state index is 10.8. The summed E-state index contributed by atoms with van der Waals surface area (Å²) in [4.78, 5) is 16.6. The SMILES string of the molecule is CN(Cc1nccn1C)C(CN)C(=O)O. The van der Waals surface area contributed by atoms with Gasteiger partial charge in [0.25, 0.3) is 0 Å². The van der Waals surface area contributed by atoms with Gasteiger partial charge >= 0.3 is 5.97 Å². The smallest absolute Gasteiger partial charge is 0.322 e. The number of likely N-dealkylation sites (N-methyl/N-ethyl adjacent to an activating group) is 1. The third-order valence-corrected chi connectivity index (χ3v) is 2.35. The summed E-state index contributed by atoms with van der Waals surface area (Å²) in [6.07, 6.45) is 3.50. The average molecular weight is 212 g/mol. The summed E-state index contributed by atoms with van der Waals surface area (Å²) >= 11 is 0. The number of nitrogens with two attached hydrogens (primary N) is 1. The predicted molar refractivity (Wildman–Crippen MR) is 55.2 cm³/mol. The van der Waals surface area contributed by atoms with Gasteiger partial charge in [-0.15, -0.1) is 0 Å². The zero-order valence-electron chi connectivity index (χ0n) is 8.92. The van der Waals surface area contributed by atoms with Crippen LogP contribution >= 0.6 is 0 Å². The molecule has 1 atom stereocenters. The molecule has 0 aliphatic rings. The first-order valence-electron chi connectivity index (χ1n) is 4.65. The number of aliphatic carboxylic acids is 1. The lowest BCUT2D eigenvalue weighted by atomic mass is 10.2. The van der Waals surface area contributed by atoms with Gasteiger partial charge in [-0.25, -0.2) is 4.98 Å². The summed E-state index contributed by atoms with van der Waals surface area (Å²) in [6, 6.07) is -0.665. The Balaban J connectivity index is 2.66. The van der Waals surface area contributed by atoms with E-state index in [1.807, 2.05) is 17.8 Å². The van der Waals surface area contributed by atoms with Gasteiger partial charge in [0.2, 0.25) is 0 Å². The molecule has 1 rings (SSSR count). The molecule has 0 spiro atoms. The van der Waals surface area contributed by atoms with E-state index >= 15 is 0 Å². The van der Waals surface area contributed by atoms with E-state index in [0.29, 0.717) is 6.54 Å². The van der Waals surface area contributed by atoms with E-state index in [1.54, 1.807) is 18.1 Å². The lowest BCUT2D eigenvalue weighted by molar-refractivity contribution is -0.142. The Morgan fingerprint density at radius 2 is 2.47 bits per heavy atom. The topological polar surface area (TPSA) is 84.4 Å². The lowest BCUT2D eigenvalue weighted by Crippen LogP contribution is -2.43. The molecule has 1 aromatic rings. The molecule has 0 bridgehead atoms. The highest BCUT2D eigenvalue weighted by Crippen LogP contribution is 2.03. The van der Waals surface area contributed by atoms with Gasteiger partial charge in [0.15, 0.2) is 0 Å². The van der Waals surface area contributed by atoms with Gasteiger partial charge in [-0.3, -0.25) is 9.69 Å². The van der Waals surface area contributed by atoms with Crippen molar-refractivity contribution in [1.29, 1.82) is 0 Å². The number of imidazole rings is 1. The third-order valence-electron chi connectivity index (χ3n) is 2.35. The summed E-state index contributed by atoms with van der Waals surface area (Å²) in [5, 5.41) is 8.89. The van der Waals surface area contributed by atoms with Crippen LogP contribution in [-0.2, 0) is 18.4 Å². The van der Waals surface area contributed by atoms with Crippen molar-refractivity contribution >= 4 is 5.97 Å². The molecule has 0 aliphatic heterocycles. The van der Waals surface area contributed by atoms with Gasteiger partial charge in [0.05, 0.1) is 6.54 Å². The number of aryl methyl sites for hydroxylation is 1. The molecule has 15 heavy (non-hydrogen) atoms. The molecule has 0 fully saturated rings. The largest absolute Gasteiger partial charge is 0.480 e. The molecular formula is C9H16N4O2. The Hall–Kier alpha value is -1.40. The minimum absolute atomic E-state index is 0.0935. The number of hydrogen-bond donors (Lipinski definition) is 2. The molecule has 0 amide bonds. The quantitative estimate of drug-likeness (QED) is 0.671. The molecule has 0 radical (unpaired) electrons. The third kappa shape index (κ3) is 2.77. The Morgan fingerprint density at radius 3 is 2.87 bits per heavy atom. The van der Waals surface area contributed by atoms with Crippen molar-refractivity contribution in [2.75, 3.05) is 13.6 Å². The Labute approximate surface area is 88.3 Å². The summed E-state index contributed by atoms with van der Waals surface area (Å²) in [5.41, 5.74) is 5.39. The molecule has 6 heteroatoms. The second kappa shape index (κ2) is 4.90.